The molecule has 2 atom stereocenters. The van der Waals surface area contributed by atoms with Gasteiger partial charge in [-0.05, 0) is 25.2 Å². The molecule has 2 heteroatoms. The molecule has 74 valence electrons. The Bertz CT molecular complexity index is 179. The fourth-order valence-electron chi connectivity index (χ4n) is 1.64. The van der Waals surface area contributed by atoms with Crippen LogP contribution in [0.4, 0.5) is 0 Å². The van der Waals surface area contributed by atoms with E-state index in [4.69, 9.17) is 5.26 Å². The molecular formula is C11H20N2. The van der Waals surface area contributed by atoms with Gasteiger partial charge in [0, 0.05) is 6.04 Å². The Morgan fingerprint density at radius 1 is 1.38 bits per heavy atom. The Morgan fingerprint density at radius 2 is 2.08 bits per heavy atom. The van der Waals surface area contributed by atoms with Gasteiger partial charge >= 0.3 is 0 Å². The number of nitrogens with one attached hydrogen (secondary N) is 1. The van der Waals surface area contributed by atoms with E-state index in [1.54, 1.807) is 0 Å². The topological polar surface area (TPSA) is 35.8 Å². The monoisotopic (exact) mass is 180 g/mol. The lowest BCUT2D eigenvalue weighted by Gasteiger charge is -2.19. The van der Waals surface area contributed by atoms with Gasteiger partial charge in [0.1, 0.15) is 0 Å². The molecule has 0 radical (unpaired) electrons. The molecule has 0 aromatic carbocycles. The molecular weight excluding hydrogens is 160 g/mol. The van der Waals surface area contributed by atoms with Crippen LogP contribution in [0.25, 0.3) is 0 Å². The van der Waals surface area contributed by atoms with Gasteiger partial charge in [0.05, 0.1) is 12.1 Å². The molecule has 1 aliphatic carbocycles. The molecule has 0 spiro atoms. The SMILES string of the molecule is CCC(C#N)NC(CC)CC1CC1. The molecule has 0 aromatic heterocycles. The second-order valence-electron chi connectivity index (χ2n) is 4.04. The van der Waals surface area contributed by atoms with Gasteiger partial charge < -0.3 is 0 Å². The molecule has 0 bridgehead atoms. The van der Waals surface area contributed by atoms with Crippen LogP contribution in [0.1, 0.15) is 46.0 Å². The van der Waals surface area contributed by atoms with Crippen molar-refractivity contribution in [3.05, 3.63) is 0 Å². The first-order valence-electron chi connectivity index (χ1n) is 5.45. The lowest BCUT2D eigenvalue weighted by atomic mass is 10.1. The van der Waals surface area contributed by atoms with Crippen LogP contribution in [0.3, 0.4) is 0 Å². The van der Waals surface area contributed by atoms with Crippen molar-refractivity contribution in [2.45, 2.75) is 58.0 Å². The molecule has 1 N–H and O–H groups in total. The van der Waals surface area contributed by atoms with Crippen LogP contribution in [-0.2, 0) is 0 Å². The summed E-state index contributed by atoms with van der Waals surface area (Å²) in [6.45, 7) is 4.26. The summed E-state index contributed by atoms with van der Waals surface area (Å²) in [6, 6.07) is 2.92. The van der Waals surface area contributed by atoms with Crippen molar-refractivity contribution >= 4 is 0 Å². The van der Waals surface area contributed by atoms with E-state index in [9.17, 15) is 0 Å². The van der Waals surface area contributed by atoms with Crippen molar-refractivity contribution in [1.29, 1.82) is 5.26 Å². The first kappa shape index (κ1) is 10.5. The summed E-state index contributed by atoms with van der Waals surface area (Å²) >= 11 is 0. The summed E-state index contributed by atoms with van der Waals surface area (Å²) in [5.41, 5.74) is 0. The molecule has 0 aliphatic heterocycles. The molecule has 2 nitrogen and oxygen atoms in total. The summed E-state index contributed by atoms with van der Waals surface area (Å²) in [7, 11) is 0. The third-order valence-electron chi connectivity index (χ3n) is 2.81. The van der Waals surface area contributed by atoms with Crippen molar-refractivity contribution in [1.82, 2.24) is 5.32 Å². The van der Waals surface area contributed by atoms with Crippen LogP contribution in [0, 0.1) is 17.2 Å². The number of rotatable bonds is 6. The average molecular weight is 180 g/mol. The zero-order valence-electron chi connectivity index (χ0n) is 8.71. The highest BCUT2D eigenvalue weighted by Crippen LogP contribution is 2.34. The van der Waals surface area contributed by atoms with Gasteiger partial charge in [-0.2, -0.15) is 5.26 Å². The maximum absolute atomic E-state index is 8.81. The van der Waals surface area contributed by atoms with Gasteiger partial charge in [-0.3, -0.25) is 5.32 Å². The van der Waals surface area contributed by atoms with Crippen LogP contribution in [0.5, 0.6) is 0 Å². The van der Waals surface area contributed by atoms with E-state index < -0.39 is 0 Å². The highest BCUT2D eigenvalue weighted by atomic mass is 14.9. The van der Waals surface area contributed by atoms with Crippen molar-refractivity contribution in [2.24, 2.45) is 5.92 Å². The molecule has 0 heterocycles. The van der Waals surface area contributed by atoms with E-state index in [0.29, 0.717) is 6.04 Å². The highest BCUT2D eigenvalue weighted by molar-refractivity contribution is 4.91. The first-order chi connectivity index (χ1) is 6.30. The van der Waals surface area contributed by atoms with Gasteiger partial charge in [-0.25, -0.2) is 0 Å². The number of hydrogen-bond donors (Lipinski definition) is 1. The first-order valence-corrected chi connectivity index (χ1v) is 5.45. The second-order valence-corrected chi connectivity index (χ2v) is 4.04. The summed E-state index contributed by atoms with van der Waals surface area (Å²) in [5.74, 6) is 0.952. The molecule has 1 saturated carbocycles. The van der Waals surface area contributed by atoms with Gasteiger partial charge in [-0.1, -0.05) is 26.7 Å². The van der Waals surface area contributed by atoms with Crippen molar-refractivity contribution in [2.75, 3.05) is 0 Å². The van der Waals surface area contributed by atoms with E-state index >= 15 is 0 Å². The number of nitriles is 1. The summed E-state index contributed by atoms with van der Waals surface area (Å²) < 4.78 is 0. The average Bonchev–Trinajstić information content (AvgIpc) is 2.95. The minimum atomic E-state index is 0.0590. The Labute approximate surface area is 81.3 Å². The summed E-state index contributed by atoms with van der Waals surface area (Å²) in [5, 5.41) is 12.2. The van der Waals surface area contributed by atoms with Gasteiger partial charge in [0.25, 0.3) is 0 Å². The molecule has 13 heavy (non-hydrogen) atoms. The normalized spacial score (nSPS) is 20.7. The van der Waals surface area contributed by atoms with Crippen LogP contribution < -0.4 is 5.32 Å². The smallest absolute Gasteiger partial charge is 0.0952 e. The van der Waals surface area contributed by atoms with Crippen molar-refractivity contribution in [3.8, 4) is 6.07 Å². The molecule has 1 fully saturated rings. The van der Waals surface area contributed by atoms with E-state index in [0.717, 1.165) is 18.8 Å². The van der Waals surface area contributed by atoms with E-state index in [-0.39, 0.29) is 6.04 Å². The molecule has 0 saturated heterocycles. The Kier molecular flexibility index (Phi) is 4.24. The minimum absolute atomic E-state index is 0.0590. The van der Waals surface area contributed by atoms with E-state index in [1.807, 2.05) is 0 Å². The van der Waals surface area contributed by atoms with Gasteiger partial charge in [0.2, 0.25) is 0 Å². The second kappa shape index (κ2) is 5.24. The number of hydrogen-bond acceptors (Lipinski definition) is 2. The maximum atomic E-state index is 8.81. The standard InChI is InChI=1S/C11H20N2/c1-3-10(7-9-5-6-9)13-11(4-2)8-12/h9-11,13H,3-7H2,1-2H3. The third kappa shape index (κ3) is 3.78. The van der Waals surface area contributed by atoms with Crippen LogP contribution >= 0.6 is 0 Å². The lowest BCUT2D eigenvalue weighted by molar-refractivity contribution is 0.414. The Hall–Kier alpha value is -0.550. The number of nitrogens with zero attached hydrogens (tertiary/aromatic N) is 1. The van der Waals surface area contributed by atoms with Gasteiger partial charge in [0.15, 0.2) is 0 Å². The zero-order valence-corrected chi connectivity index (χ0v) is 8.71. The van der Waals surface area contributed by atoms with Gasteiger partial charge in [-0.15, -0.1) is 0 Å². The fraction of sp³-hybridized carbons (Fsp3) is 0.909. The quantitative estimate of drug-likeness (QED) is 0.681. The Morgan fingerprint density at radius 3 is 2.46 bits per heavy atom. The summed E-state index contributed by atoms with van der Waals surface area (Å²) in [4.78, 5) is 0. The fourth-order valence-corrected chi connectivity index (χ4v) is 1.64. The molecule has 1 rings (SSSR count). The molecule has 0 aromatic rings. The molecule has 0 amide bonds. The lowest BCUT2D eigenvalue weighted by Crippen LogP contribution is -2.37. The highest BCUT2D eigenvalue weighted by Gasteiger charge is 2.25. The zero-order chi connectivity index (χ0) is 9.68. The predicted octanol–water partition coefficient (Wildman–Crippen LogP) is 2.46. The maximum Gasteiger partial charge on any atom is 0.0952 e. The third-order valence-corrected chi connectivity index (χ3v) is 2.81. The van der Waals surface area contributed by atoms with E-state index in [1.165, 1.54) is 19.3 Å². The van der Waals surface area contributed by atoms with Crippen LogP contribution in [0.15, 0.2) is 0 Å². The largest absolute Gasteiger partial charge is 0.299 e. The molecule has 2 unspecified atom stereocenters. The van der Waals surface area contributed by atoms with Crippen LogP contribution in [0.2, 0.25) is 0 Å². The molecule has 1 aliphatic rings. The van der Waals surface area contributed by atoms with Crippen LogP contribution in [-0.4, -0.2) is 12.1 Å². The predicted molar refractivity (Wildman–Crippen MR) is 54.2 cm³/mol. The minimum Gasteiger partial charge on any atom is -0.299 e. The van der Waals surface area contributed by atoms with Crippen molar-refractivity contribution < 1.29 is 0 Å². The Balaban J connectivity index is 2.24. The van der Waals surface area contributed by atoms with E-state index in [2.05, 4.69) is 25.2 Å². The summed E-state index contributed by atoms with van der Waals surface area (Å²) in [6.07, 6.45) is 6.14. The van der Waals surface area contributed by atoms with Crippen molar-refractivity contribution in [3.63, 3.8) is 0 Å².